The highest BCUT2D eigenvalue weighted by molar-refractivity contribution is 5.79. The number of carbonyl (C=O) groups is 1. The number of ether oxygens (including phenoxy) is 2. The molecule has 7 heteroatoms. The van der Waals surface area contributed by atoms with Crippen LogP contribution in [0, 0.1) is 0 Å². The summed E-state index contributed by atoms with van der Waals surface area (Å²) in [4.78, 5) is 19.2. The molecule has 0 saturated carbocycles. The average Bonchev–Trinajstić information content (AvgIpc) is 3.36. The minimum atomic E-state index is -0.0470. The van der Waals surface area contributed by atoms with Gasteiger partial charge in [0.25, 0.3) is 0 Å². The topological polar surface area (TPSA) is 69.5 Å². The van der Waals surface area contributed by atoms with Crippen molar-refractivity contribution >= 4 is 5.91 Å². The van der Waals surface area contributed by atoms with E-state index in [-0.39, 0.29) is 11.8 Å². The van der Waals surface area contributed by atoms with E-state index >= 15 is 0 Å². The molecule has 1 aromatic heterocycles. The molecule has 2 aromatic carbocycles. The Hall–Kier alpha value is -3.19. The molecule has 7 nitrogen and oxygen atoms in total. The Morgan fingerprint density at radius 1 is 1.07 bits per heavy atom. The first-order valence-electron chi connectivity index (χ1n) is 9.63. The van der Waals surface area contributed by atoms with Gasteiger partial charge in [-0.05, 0) is 12.1 Å². The minimum Gasteiger partial charge on any atom is -0.494 e. The first-order chi connectivity index (χ1) is 14.2. The average molecular weight is 392 g/mol. The van der Waals surface area contributed by atoms with Crippen LogP contribution in [0.3, 0.4) is 0 Å². The molecule has 150 valence electrons. The summed E-state index contributed by atoms with van der Waals surface area (Å²) in [5.41, 5.74) is 1.74. The van der Waals surface area contributed by atoms with Crippen molar-refractivity contribution in [2.75, 3.05) is 33.9 Å². The maximum Gasteiger partial charge on any atom is 0.223 e. The predicted octanol–water partition coefficient (Wildman–Crippen LogP) is 2.91. The number of aromatic nitrogens is 3. The minimum absolute atomic E-state index is 0.0470. The fraction of sp³-hybridized carbons (Fsp3) is 0.318. The van der Waals surface area contributed by atoms with Gasteiger partial charge < -0.3 is 14.4 Å². The van der Waals surface area contributed by atoms with Crippen LogP contribution in [-0.2, 0) is 9.53 Å². The van der Waals surface area contributed by atoms with Crippen molar-refractivity contribution < 1.29 is 14.3 Å². The van der Waals surface area contributed by atoms with E-state index in [1.165, 1.54) is 0 Å². The zero-order valence-electron chi connectivity index (χ0n) is 16.6. The van der Waals surface area contributed by atoms with Gasteiger partial charge in [-0.15, -0.1) is 5.10 Å². The second-order valence-corrected chi connectivity index (χ2v) is 6.98. The van der Waals surface area contributed by atoms with Gasteiger partial charge in [0.1, 0.15) is 17.3 Å². The Morgan fingerprint density at radius 3 is 2.59 bits per heavy atom. The smallest absolute Gasteiger partial charge is 0.223 e. The van der Waals surface area contributed by atoms with Crippen molar-refractivity contribution in [3.63, 3.8) is 0 Å². The van der Waals surface area contributed by atoms with Crippen molar-refractivity contribution in [2.24, 2.45) is 0 Å². The highest BCUT2D eigenvalue weighted by Crippen LogP contribution is 2.32. The largest absolute Gasteiger partial charge is 0.494 e. The van der Waals surface area contributed by atoms with Gasteiger partial charge in [0.2, 0.25) is 5.91 Å². The Morgan fingerprint density at radius 2 is 1.83 bits per heavy atom. The van der Waals surface area contributed by atoms with Gasteiger partial charge in [-0.1, -0.05) is 42.5 Å². The number of methoxy groups -OCH3 is 2. The molecular formula is C22H24N4O3. The van der Waals surface area contributed by atoms with Gasteiger partial charge in [-0.25, -0.2) is 9.67 Å². The third-order valence-corrected chi connectivity index (χ3v) is 5.12. The van der Waals surface area contributed by atoms with Gasteiger partial charge in [0.15, 0.2) is 5.82 Å². The van der Waals surface area contributed by atoms with Gasteiger partial charge in [0, 0.05) is 38.1 Å². The van der Waals surface area contributed by atoms with E-state index in [2.05, 4.69) is 0 Å². The molecule has 3 aromatic rings. The third kappa shape index (κ3) is 3.86. The molecule has 1 saturated heterocycles. The lowest BCUT2D eigenvalue weighted by atomic mass is 10.1. The fourth-order valence-electron chi connectivity index (χ4n) is 3.64. The van der Waals surface area contributed by atoms with Crippen LogP contribution in [0.2, 0.25) is 0 Å². The van der Waals surface area contributed by atoms with Crippen molar-refractivity contribution in [1.29, 1.82) is 0 Å². The van der Waals surface area contributed by atoms with Crippen LogP contribution in [0.4, 0.5) is 0 Å². The molecule has 0 spiro atoms. The summed E-state index contributed by atoms with van der Waals surface area (Å²) in [6, 6.07) is 17.6. The van der Waals surface area contributed by atoms with Crippen molar-refractivity contribution in [1.82, 2.24) is 19.7 Å². The molecule has 0 N–H and O–H groups in total. The monoisotopic (exact) mass is 392 g/mol. The first-order valence-corrected chi connectivity index (χ1v) is 9.63. The summed E-state index contributed by atoms with van der Waals surface area (Å²) in [6.07, 6.45) is 0.409. The van der Waals surface area contributed by atoms with Gasteiger partial charge >= 0.3 is 0 Å². The number of hydrogen-bond acceptors (Lipinski definition) is 5. The number of benzene rings is 2. The quantitative estimate of drug-likeness (QED) is 0.618. The van der Waals surface area contributed by atoms with Gasteiger partial charge in [0.05, 0.1) is 13.7 Å². The number of likely N-dealkylation sites (tertiary alicyclic amines) is 1. The lowest BCUT2D eigenvalue weighted by Gasteiger charge is -2.16. The highest BCUT2D eigenvalue weighted by Gasteiger charge is 2.34. The van der Waals surface area contributed by atoms with E-state index in [1.54, 1.807) is 14.2 Å². The molecule has 1 aliphatic rings. The summed E-state index contributed by atoms with van der Waals surface area (Å²) in [7, 11) is 3.28. The van der Waals surface area contributed by atoms with Crippen LogP contribution in [0.15, 0.2) is 54.6 Å². The molecule has 1 amide bonds. The normalized spacial score (nSPS) is 16.4. The van der Waals surface area contributed by atoms with Crippen LogP contribution in [0.5, 0.6) is 5.75 Å². The second kappa shape index (κ2) is 8.45. The molecule has 0 aliphatic carbocycles. The lowest BCUT2D eigenvalue weighted by molar-refractivity contribution is -0.128. The molecule has 29 heavy (non-hydrogen) atoms. The van der Waals surface area contributed by atoms with Crippen molar-refractivity contribution in [3.8, 4) is 22.8 Å². The van der Waals surface area contributed by atoms with E-state index in [4.69, 9.17) is 19.6 Å². The molecule has 0 radical (unpaired) electrons. The summed E-state index contributed by atoms with van der Waals surface area (Å²) in [6.45, 7) is 1.71. The van der Waals surface area contributed by atoms with Gasteiger partial charge in [-0.3, -0.25) is 4.79 Å². The Bertz CT molecular complexity index is 987. The number of carbonyl (C=O) groups excluding carboxylic acids is 1. The van der Waals surface area contributed by atoms with Crippen LogP contribution in [-0.4, -0.2) is 59.5 Å². The summed E-state index contributed by atoms with van der Waals surface area (Å²) >= 11 is 0. The van der Waals surface area contributed by atoms with Crippen LogP contribution >= 0.6 is 0 Å². The van der Waals surface area contributed by atoms with E-state index in [1.807, 2.05) is 64.2 Å². The summed E-state index contributed by atoms with van der Waals surface area (Å²) in [5, 5.41) is 4.79. The van der Waals surface area contributed by atoms with Crippen molar-refractivity contribution in [2.45, 2.75) is 12.3 Å². The first kappa shape index (κ1) is 19.1. The zero-order valence-corrected chi connectivity index (χ0v) is 16.6. The maximum absolute atomic E-state index is 12.5. The molecule has 1 atom stereocenters. The summed E-state index contributed by atoms with van der Waals surface area (Å²) in [5.74, 6) is 2.17. The molecule has 1 fully saturated rings. The standard InChI is InChI=1S/C22H24N4O3/c1-28-13-12-25-15-17(14-20(25)27)22-23-21(16-8-4-3-5-9-16)24-26(22)18-10-6-7-11-19(18)29-2/h3-11,17H,12-15H2,1-2H3/t17-/m0/s1. The summed E-state index contributed by atoms with van der Waals surface area (Å²) < 4.78 is 12.5. The molecule has 0 bridgehead atoms. The molecule has 0 unspecified atom stereocenters. The Kier molecular flexibility index (Phi) is 5.57. The highest BCUT2D eigenvalue weighted by atomic mass is 16.5. The van der Waals surface area contributed by atoms with Crippen LogP contribution in [0.1, 0.15) is 18.2 Å². The maximum atomic E-state index is 12.5. The fourth-order valence-corrected chi connectivity index (χ4v) is 3.64. The zero-order chi connectivity index (χ0) is 20.2. The number of rotatable bonds is 7. The molecular weight excluding hydrogens is 368 g/mol. The Labute approximate surface area is 169 Å². The van der Waals surface area contributed by atoms with E-state index < -0.39 is 0 Å². The number of amides is 1. The Balaban J connectivity index is 1.76. The SMILES string of the molecule is COCCN1C[C@@H](c2nc(-c3ccccc3)nn2-c2ccccc2OC)CC1=O. The van der Waals surface area contributed by atoms with E-state index in [0.717, 1.165) is 17.1 Å². The van der Waals surface area contributed by atoms with Crippen LogP contribution < -0.4 is 4.74 Å². The number of hydrogen-bond donors (Lipinski definition) is 0. The molecule has 1 aliphatic heterocycles. The number of nitrogens with zero attached hydrogens (tertiary/aromatic N) is 4. The number of para-hydroxylation sites is 2. The predicted molar refractivity (Wildman–Crippen MR) is 109 cm³/mol. The molecule has 4 rings (SSSR count). The molecule has 2 heterocycles. The van der Waals surface area contributed by atoms with Crippen LogP contribution in [0.25, 0.3) is 17.1 Å². The third-order valence-electron chi connectivity index (χ3n) is 5.12. The lowest BCUT2D eigenvalue weighted by Crippen LogP contribution is -2.28. The van der Waals surface area contributed by atoms with E-state index in [0.29, 0.717) is 37.7 Å². The van der Waals surface area contributed by atoms with Crippen molar-refractivity contribution in [3.05, 3.63) is 60.4 Å². The second-order valence-electron chi connectivity index (χ2n) is 6.98. The van der Waals surface area contributed by atoms with Gasteiger partial charge in [-0.2, -0.15) is 0 Å². The van der Waals surface area contributed by atoms with E-state index in [9.17, 15) is 4.79 Å².